The van der Waals surface area contributed by atoms with Crippen LogP contribution in [0.3, 0.4) is 0 Å². The zero-order chi connectivity index (χ0) is 26.4. The third kappa shape index (κ3) is 10.00. The summed E-state index contributed by atoms with van der Waals surface area (Å²) >= 11 is 0. The van der Waals surface area contributed by atoms with Crippen LogP contribution in [0.5, 0.6) is 0 Å². The van der Waals surface area contributed by atoms with Gasteiger partial charge in [0.15, 0.2) is 6.29 Å². The van der Waals surface area contributed by atoms with Crippen LogP contribution >= 0.6 is 0 Å². The van der Waals surface area contributed by atoms with E-state index in [2.05, 4.69) is 20.0 Å². The van der Waals surface area contributed by atoms with Crippen LogP contribution in [0.25, 0.3) is 0 Å². The normalized spacial score (nSPS) is 17.5. The molecule has 0 saturated carbocycles. The van der Waals surface area contributed by atoms with Crippen molar-refractivity contribution < 1.29 is 55.1 Å². The Morgan fingerprint density at radius 1 is 0.912 bits per heavy atom. The summed E-state index contributed by atoms with van der Waals surface area (Å²) in [6.45, 7) is 25.3. The molecule has 0 amide bonds. The van der Waals surface area contributed by atoms with Gasteiger partial charge in [0.2, 0.25) is 0 Å². The van der Waals surface area contributed by atoms with Crippen LogP contribution in [-0.2, 0) is 61.5 Å². The van der Waals surface area contributed by atoms with Crippen molar-refractivity contribution in [1.82, 2.24) is 0 Å². The molecule has 1 saturated heterocycles. The van der Waals surface area contributed by atoms with Crippen molar-refractivity contribution in [2.75, 3.05) is 14.2 Å². The SMILES string of the molecule is COC(C)(C)[C@@H]1OC(c2ccccc2CC(=O)C(C)C)O[C@H]1C(C)(C)OC.[C-]#[O+].[C-]#[O+].[C-]#[O+].[Cr]. The predicted molar refractivity (Wildman–Crippen MR) is 116 cm³/mol. The maximum Gasteiger partial charge on any atom is 0 e. The average Bonchev–Trinajstić information content (AvgIpc) is 3.30. The number of rotatable bonds is 8. The Balaban J connectivity index is -0.00000127. The number of hydrogen-bond donors (Lipinski definition) is 0. The Morgan fingerprint density at radius 2 is 1.29 bits per heavy atom. The fraction of sp³-hybridized carbons (Fsp3) is 0.600. The van der Waals surface area contributed by atoms with Gasteiger partial charge in [0.1, 0.15) is 18.0 Å². The van der Waals surface area contributed by atoms with Gasteiger partial charge < -0.3 is 18.9 Å². The van der Waals surface area contributed by atoms with E-state index in [1.54, 1.807) is 14.2 Å². The van der Waals surface area contributed by atoms with Crippen LogP contribution in [0.15, 0.2) is 24.3 Å². The first-order valence-electron chi connectivity index (χ1n) is 10.2. The van der Waals surface area contributed by atoms with Gasteiger partial charge in [-0.2, -0.15) is 0 Å². The number of ether oxygens (including phenoxy) is 4. The van der Waals surface area contributed by atoms with Crippen molar-refractivity contribution in [3.05, 3.63) is 55.3 Å². The summed E-state index contributed by atoms with van der Waals surface area (Å²) in [4.78, 5) is 12.3. The van der Waals surface area contributed by atoms with Crippen molar-refractivity contribution >= 4 is 5.78 Å². The predicted octanol–water partition coefficient (Wildman–Crippen LogP) is 3.97. The average molecular weight is 515 g/mol. The molecular formula is C25H34CrO8. The van der Waals surface area contributed by atoms with Crippen LogP contribution in [0.1, 0.15) is 59.0 Å². The molecule has 1 fully saturated rings. The summed E-state index contributed by atoms with van der Waals surface area (Å²) in [7, 11) is 3.34. The van der Waals surface area contributed by atoms with E-state index in [9.17, 15) is 4.79 Å². The van der Waals surface area contributed by atoms with Crippen molar-refractivity contribution in [2.45, 2.75) is 77.7 Å². The molecule has 0 radical (unpaired) electrons. The van der Waals surface area contributed by atoms with Gasteiger partial charge in [0, 0.05) is 49.5 Å². The summed E-state index contributed by atoms with van der Waals surface area (Å²) in [6, 6.07) is 7.81. The molecule has 2 atom stereocenters. The zero-order valence-electron chi connectivity index (χ0n) is 21.0. The fourth-order valence-electron chi connectivity index (χ4n) is 3.19. The fourth-order valence-corrected chi connectivity index (χ4v) is 3.19. The van der Waals surface area contributed by atoms with E-state index in [0.717, 1.165) is 11.1 Å². The Hall–Kier alpha value is -1.52. The summed E-state index contributed by atoms with van der Waals surface area (Å²) in [5, 5.41) is 0. The number of ketones is 1. The van der Waals surface area contributed by atoms with E-state index in [1.807, 2.05) is 65.8 Å². The molecule has 0 aromatic heterocycles. The molecule has 0 aliphatic carbocycles. The zero-order valence-corrected chi connectivity index (χ0v) is 22.3. The van der Waals surface area contributed by atoms with Crippen LogP contribution < -0.4 is 0 Å². The Morgan fingerprint density at radius 3 is 1.65 bits per heavy atom. The molecule has 9 heteroatoms. The first kappa shape index (κ1) is 37.0. The molecular weight excluding hydrogens is 480 g/mol. The largest absolute Gasteiger partial charge is 0 e. The number of benzene rings is 1. The molecule has 34 heavy (non-hydrogen) atoms. The third-order valence-corrected chi connectivity index (χ3v) is 5.56. The van der Waals surface area contributed by atoms with Gasteiger partial charge >= 0.3 is 33.9 Å². The van der Waals surface area contributed by atoms with Crippen LogP contribution in [0, 0.1) is 25.9 Å². The van der Waals surface area contributed by atoms with E-state index in [0.29, 0.717) is 6.42 Å². The van der Waals surface area contributed by atoms with Gasteiger partial charge in [0.05, 0.1) is 11.2 Å². The Bertz CT molecular complexity index is 744. The molecule has 1 aromatic carbocycles. The van der Waals surface area contributed by atoms with Crippen molar-refractivity contribution in [3.8, 4) is 0 Å². The van der Waals surface area contributed by atoms with E-state index in [4.69, 9.17) is 32.9 Å². The standard InChI is InChI=1S/C22H34O5.3CO.Cr/c1-14(2)17(23)13-15-11-9-10-12-16(15)20-26-18(21(3,4)24-7)19(27-20)22(5,6)25-8;3*1-2;/h9-12,14,18-20H,13H2,1-8H3;;;;/t18-,19-;;;;/m1..../s1. The quantitative estimate of drug-likeness (QED) is 0.385. The second kappa shape index (κ2) is 17.8. The molecule has 8 nitrogen and oxygen atoms in total. The van der Waals surface area contributed by atoms with Crippen LogP contribution in [0.4, 0.5) is 0 Å². The second-order valence-corrected chi connectivity index (χ2v) is 8.56. The maximum atomic E-state index is 12.3. The smallest absolute Gasteiger partial charge is 0 e. The molecule has 2 rings (SSSR count). The molecule has 1 aromatic rings. The molecule has 0 unspecified atom stereocenters. The van der Waals surface area contributed by atoms with Crippen molar-refractivity contribution in [2.24, 2.45) is 5.92 Å². The number of methoxy groups -OCH3 is 2. The van der Waals surface area contributed by atoms with Gasteiger partial charge in [-0.25, -0.2) is 0 Å². The molecule has 0 bridgehead atoms. The summed E-state index contributed by atoms with van der Waals surface area (Å²) in [5.41, 5.74) is 0.708. The molecule has 188 valence electrons. The van der Waals surface area contributed by atoms with Gasteiger partial charge in [-0.15, -0.1) is 0 Å². The maximum absolute atomic E-state index is 12.3. The Kier molecular flexibility index (Phi) is 19.4. The molecule has 1 aliphatic heterocycles. The third-order valence-electron chi connectivity index (χ3n) is 5.56. The monoisotopic (exact) mass is 514 g/mol. The summed E-state index contributed by atoms with van der Waals surface area (Å²) in [6.07, 6.45) is -0.846. The number of hydrogen-bond acceptors (Lipinski definition) is 5. The van der Waals surface area contributed by atoms with Crippen LogP contribution in [-0.4, -0.2) is 43.4 Å². The van der Waals surface area contributed by atoms with Crippen LogP contribution in [0.2, 0.25) is 0 Å². The minimum absolute atomic E-state index is 0. The molecule has 0 spiro atoms. The summed E-state index contributed by atoms with van der Waals surface area (Å²) in [5.74, 6) is 0.187. The van der Waals surface area contributed by atoms with E-state index in [1.165, 1.54) is 0 Å². The van der Waals surface area contributed by atoms with Gasteiger partial charge in [-0.3, -0.25) is 4.79 Å². The number of carbonyl (C=O) groups excluding carboxylic acids is 1. The van der Waals surface area contributed by atoms with Gasteiger partial charge in [-0.1, -0.05) is 38.1 Å². The van der Waals surface area contributed by atoms with E-state index in [-0.39, 0.29) is 41.3 Å². The first-order valence-corrected chi connectivity index (χ1v) is 10.2. The minimum Gasteiger partial charge on any atom is 0 e. The summed E-state index contributed by atoms with van der Waals surface area (Å²) < 4.78 is 46.6. The first-order chi connectivity index (χ1) is 15.5. The van der Waals surface area contributed by atoms with Crippen molar-refractivity contribution in [1.29, 1.82) is 0 Å². The minimum atomic E-state index is -0.569. The molecule has 1 aliphatic rings. The second-order valence-electron chi connectivity index (χ2n) is 8.56. The number of carbonyl (C=O) groups is 1. The number of Topliss-reactive ketones (excluding diaryl/α,β-unsaturated/α-hetero) is 1. The topological polar surface area (TPSA) is 114 Å². The van der Waals surface area contributed by atoms with Gasteiger partial charge in [-0.05, 0) is 33.3 Å². The molecule has 1 heterocycles. The van der Waals surface area contributed by atoms with E-state index < -0.39 is 17.5 Å². The van der Waals surface area contributed by atoms with Crippen molar-refractivity contribution in [3.63, 3.8) is 0 Å². The Labute approximate surface area is 214 Å². The van der Waals surface area contributed by atoms with E-state index >= 15 is 0 Å². The molecule has 0 N–H and O–H groups in total. The van der Waals surface area contributed by atoms with Gasteiger partial charge in [0.25, 0.3) is 0 Å².